The average Bonchev–Trinajstić information content (AvgIpc) is 3.48. The van der Waals surface area contributed by atoms with Crippen LogP contribution in [0.15, 0.2) is 37.1 Å². The summed E-state index contributed by atoms with van der Waals surface area (Å²) in [7, 11) is -3.92. The van der Waals surface area contributed by atoms with Gasteiger partial charge in [-0.05, 0) is 24.6 Å². The number of imidazole rings is 1. The summed E-state index contributed by atoms with van der Waals surface area (Å²) in [6.07, 6.45) is 2.67. The summed E-state index contributed by atoms with van der Waals surface area (Å²) in [5.41, 5.74) is 6.26. The van der Waals surface area contributed by atoms with E-state index in [-0.39, 0.29) is 19.0 Å². The lowest BCUT2D eigenvalue weighted by molar-refractivity contribution is -0.0650. The Hall–Kier alpha value is -3.16. The van der Waals surface area contributed by atoms with Gasteiger partial charge in [-0.1, -0.05) is 0 Å². The van der Waals surface area contributed by atoms with E-state index in [0.717, 1.165) is 5.56 Å². The summed E-state index contributed by atoms with van der Waals surface area (Å²) in [5.74, 6) is 0.180. The third-order valence-electron chi connectivity index (χ3n) is 6.25. The zero-order chi connectivity index (χ0) is 24.2. The monoisotopic (exact) mass is 504 g/mol. The molecule has 14 nitrogen and oxygen atoms in total. The maximum atomic E-state index is 13.2. The van der Waals surface area contributed by atoms with Crippen molar-refractivity contribution in [2.75, 3.05) is 18.9 Å². The minimum atomic E-state index is -3.92. The van der Waals surface area contributed by atoms with Crippen LogP contribution in [0.1, 0.15) is 36.8 Å². The standard InChI is InChI=1S/C20H21N6O8P/c1-20-15(12-8-23-18-17(21)24-10-25-26(12)18)31-14(16(20)32-19(27)33-20)9-30-35(28)29-7-4-13(34-35)11-2-5-22-6-3-11/h2-3,5-6,8,10,13-16H,4,7,9H2,1H3,(H2,21,24,25)/t13-,14+,15-,16+,20-,35?/m0/s1. The molecule has 3 saturated heterocycles. The molecule has 0 saturated carbocycles. The Bertz CT molecular complexity index is 1320. The molecule has 0 radical (unpaired) electrons. The molecule has 3 aromatic heterocycles. The van der Waals surface area contributed by atoms with Gasteiger partial charge in [0.25, 0.3) is 0 Å². The van der Waals surface area contributed by atoms with Crippen LogP contribution in [0.25, 0.3) is 5.65 Å². The lowest BCUT2D eigenvalue weighted by Gasteiger charge is -2.29. The van der Waals surface area contributed by atoms with Gasteiger partial charge in [0, 0.05) is 18.8 Å². The highest BCUT2D eigenvalue weighted by Crippen LogP contribution is 2.58. The number of hydrogen-bond donors (Lipinski definition) is 1. The number of carbonyl (C=O) groups excluding carboxylic acids is 1. The number of nitrogen functional groups attached to an aromatic ring is 1. The van der Waals surface area contributed by atoms with Crippen LogP contribution in [0, 0.1) is 0 Å². The molecule has 0 aliphatic carbocycles. The normalized spacial score (nSPS) is 34.5. The number of hydrogen-bond acceptors (Lipinski definition) is 13. The fourth-order valence-electron chi connectivity index (χ4n) is 4.58. The molecule has 3 aromatic rings. The van der Waals surface area contributed by atoms with Crippen molar-refractivity contribution < 1.29 is 37.1 Å². The Balaban J connectivity index is 1.23. The number of anilines is 1. The molecule has 6 heterocycles. The van der Waals surface area contributed by atoms with Crippen LogP contribution in [0.3, 0.4) is 0 Å². The first-order chi connectivity index (χ1) is 16.9. The Labute approximate surface area is 198 Å². The number of carbonyl (C=O) groups is 1. The molecular weight excluding hydrogens is 483 g/mol. The molecule has 0 spiro atoms. The zero-order valence-electron chi connectivity index (χ0n) is 18.4. The van der Waals surface area contributed by atoms with Crippen LogP contribution in [0.2, 0.25) is 0 Å². The molecular formula is C20H21N6O8P. The second kappa shape index (κ2) is 8.21. The SMILES string of the molecule is C[C@@]12OC(=O)O[C@@H]1[C@@H](COP1(=O)OCC[C@@H](c3ccncc3)O1)O[C@H]2c1cnc2c(N)ncnn12. The van der Waals surface area contributed by atoms with Crippen LogP contribution in [-0.2, 0) is 32.3 Å². The fourth-order valence-corrected chi connectivity index (χ4v) is 5.97. The van der Waals surface area contributed by atoms with E-state index in [4.69, 9.17) is 33.5 Å². The molecule has 6 rings (SSSR count). The predicted molar refractivity (Wildman–Crippen MR) is 115 cm³/mol. The van der Waals surface area contributed by atoms with Gasteiger partial charge < -0.3 is 19.9 Å². The summed E-state index contributed by atoms with van der Waals surface area (Å²) >= 11 is 0. The van der Waals surface area contributed by atoms with E-state index in [1.807, 2.05) is 0 Å². The number of ether oxygens (including phenoxy) is 3. The number of nitrogens with two attached hydrogens (primary N) is 1. The summed E-state index contributed by atoms with van der Waals surface area (Å²) in [6.45, 7) is 1.61. The van der Waals surface area contributed by atoms with Gasteiger partial charge in [0.1, 0.15) is 18.5 Å². The van der Waals surface area contributed by atoms with E-state index in [2.05, 4.69) is 20.1 Å². The third kappa shape index (κ3) is 3.74. The van der Waals surface area contributed by atoms with E-state index in [1.165, 1.54) is 17.0 Å². The topological polar surface area (TPSA) is 172 Å². The van der Waals surface area contributed by atoms with Gasteiger partial charge in [0.05, 0.1) is 31.2 Å². The number of phosphoric ester groups is 1. The minimum absolute atomic E-state index is 0.180. The molecule has 2 N–H and O–H groups in total. The van der Waals surface area contributed by atoms with E-state index in [9.17, 15) is 9.36 Å². The van der Waals surface area contributed by atoms with Gasteiger partial charge in [-0.3, -0.25) is 18.6 Å². The first kappa shape index (κ1) is 22.3. The summed E-state index contributed by atoms with van der Waals surface area (Å²) in [4.78, 5) is 24.2. The van der Waals surface area contributed by atoms with E-state index in [1.54, 1.807) is 31.5 Å². The smallest absolute Gasteiger partial charge is 0.424 e. The van der Waals surface area contributed by atoms with Crippen LogP contribution in [-0.4, -0.2) is 61.7 Å². The van der Waals surface area contributed by atoms with E-state index in [0.29, 0.717) is 17.8 Å². The highest BCUT2D eigenvalue weighted by atomic mass is 31.2. The van der Waals surface area contributed by atoms with Crippen LogP contribution in [0.4, 0.5) is 10.6 Å². The van der Waals surface area contributed by atoms with Crippen molar-refractivity contribution in [1.29, 1.82) is 0 Å². The van der Waals surface area contributed by atoms with Crippen LogP contribution in [0.5, 0.6) is 0 Å². The van der Waals surface area contributed by atoms with Gasteiger partial charge in [0.2, 0.25) is 0 Å². The Kier molecular flexibility index (Phi) is 5.23. The van der Waals surface area contributed by atoms with E-state index >= 15 is 0 Å². The van der Waals surface area contributed by atoms with Gasteiger partial charge in [-0.15, -0.1) is 0 Å². The number of aromatic nitrogens is 5. The minimum Gasteiger partial charge on any atom is -0.424 e. The maximum absolute atomic E-state index is 13.2. The van der Waals surface area contributed by atoms with Crippen molar-refractivity contribution in [3.05, 3.63) is 48.3 Å². The van der Waals surface area contributed by atoms with Crippen molar-refractivity contribution in [2.45, 2.75) is 43.4 Å². The molecule has 6 atom stereocenters. The number of nitrogens with zero attached hydrogens (tertiary/aromatic N) is 5. The maximum Gasteiger partial charge on any atom is 0.509 e. The zero-order valence-corrected chi connectivity index (χ0v) is 19.3. The van der Waals surface area contributed by atoms with Gasteiger partial charge in [-0.25, -0.2) is 23.8 Å². The molecule has 0 amide bonds. The van der Waals surface area contributed by atoms with Crippen molar-refractivity contribution in [1.82, 2.24) is 24.6 Å². The molecule has 1 unspecified atom stereocenters. The summed E-state index contributed by atoms with van der Waals surface area (Å²) in [6, 6.07) is 3.55. The first-order valence-electron chi connectivity index (χ1n) is 10.8. The third-order valence-corrected chi connectivity index (χ3v) is 7.72. The average molecular weight is 504 g/mol. The quantitative estimate of drug-likeness (QED) is 0.396. The van der Waals surface area contributed by atoms with E-state index < -0.39 is 44.0 Å². The number of phosphoric acid groups is 1. The molecule has 3 aliphatic heterocycles. The van der Waals surface area contributed by atoms with Crippen molar-refractivity contribution in [3.63, 3.8) is 0 Å². The molecule has 184 valence electrons. The molecule has 35 heavy (non-hydrogen) atoms. The lowest BCUT2D eigenvalue weighted by Crippen LogP contribution is -2.41. The molecule has 0 aromatic carbocycles. The van der Waals surface area contributed by atoms with Crippen LogP contribution < -0.4 is 5.73 Å². The van der Waals surface area contributed by atoms with Crippen molar-refractivity contribution in [2.24, 2.45) is 0 Å². The largest absolute Gasteiger partial charge is 0.509 e. The number of fused-ring (bicyclic) bond motifs is 2. The molecule has 0 bridgehead atoms. The Morgan fingerprint density at radius 1 is 1.31 bits per heavy atom. The summed E-state index contributed by atoms with van der Waals surface area (Å²) < 4.78 is 48.4. The first-order valence-corrected chi connectivity index (χ1v) is 12.3. The molecule has 3 aliphatic rings. The highest BCUT2D eigenvalue weighted by Gasteiger charge is 2.64. The fraction of sp³-hybridized carbons (Fsp3) is 0.450. The number of rotatable bonds is 5. The molecule has 15 heteroatoms. The second-order valence-electron chi connectivity index (χ2n) is 8.43. The second-order valence-corrected chi connectivity index (χ2v) is 10.1. The Morgan fingerprint density at radius 3 is 2.97 bits per heavy atom. The summed E-state index contributed by atoms with van der Waals surface area (Å²) in [5, 5.41) is 4.19. The van der Waals surface area contributed by atoms with Gasteiger partial charge in [-0.2, -0.15) is 5.10 Å². The van der Waals surface area contributed by atoms with Gasteiger partial charge >= 0.3 is 14.0 Å². The van der Waals surface area contributed by atoms with Crippen molar-refractivity contribution in [3.8, 4) is 0 Å². The predicted octanol–water partition coefficient (Wildman–Crippen LogP) is 2.14. The highest BCUT2D eigenvalue weighted by molar-refractivity contribution is 7.48. The number of pyridine rings is 1. The molecule has 3 fully saturated rings. The van der Waals surface area contributed by atoms with Crippen LogP contribution >= 0.6 is 7.82 Å². The van der Waals surface area contributed by atoms with Gasteiger partial charge in [0.15, 0.2) is 23.2 Å². The van der Waals surface area contributed by atoms with Crippen molar-refractivity contribution >= 4 is 25.4 Å². The lowest BCUT2D eigenvalue weighted by atomic mass is 9.91. The Morgan fingerprint density at radius 2 is 2.14 bits per heavy atom.